The van der Waals surface area contributed by atoms with E-state index in [9.17, 15) is 0 Å². The molecule has 0 heterocycles. The molecule has 0 N–H and O–H groups in total. The number of hydrogen-bond donors (Lipinski definition) is 1. The van der Waals surface area contributed by atoms with Crippen molar-refractivity contribution in [3.63, 3.8) is 0 Å². The third-order valence-corrected chi connectivity index (χ3v) is 5.34. The van der Waals surface area contributed by atoms with Crippen LogP contribution in [0.5, 0.6) is 0 Å². The second kappa shape index (κ2) is 9.87. The molecule has 0 bridgehead atoms. The maximum atomic E-state index is 4.45. The Kier molecular flexibility index (Phi) is 7.84. The summed E-state index contributed by atoms with van der Waals surface area (Å²) in [7, 11) is 0. The molecule has 0 nitrogen and oxygen atoms in total. The van der Waals surface area contributed by atoms with Crippen molar-refractivity contribution in [3.8, 4) is 0 Å². The van der Waals surface area contributed by atoms with Gasteiger partial charge in [-0.25, -0.2) is 0 Å². The fourth-order valence-electron chi connectivity index (χ4n) is 3.81. The van der Waals surface area contributed by atoms with Gasteiger partial charge in [0.1, 0.15) is 0 Å². The molecule has 1 heteroatoms. The van der Waals surface area contributed by atoms with E-state index in [-0.39, 0.29) is 0 Å². The first-order valence-corrected chi connectivity index (χ1v) is 10.2. The Balaban J connectivity index is 2.68. The Bertz CT molecular complexity index is 701. The van der Waals surface area contributed by atoms with Crippen LogP contribution in [0.4, 0.5) is 0 Å². The molecule has 1 aromatic rings. The molecule has 0 radical (unpaired) electrons. The van der Waals surface area contributed by atoms with Gasteiger partial charge in [0.15, 0.2) is 0 Å². The van der Waals surface area contributed by atoms with E-state index in [4.69, 9.17) is 0 Å². The second-order valence-corrected chi connectivity index (χ2v) is 7.41. The summed E-state index contributed by atoms with van der Waals surface area (Å²) in [4.78, 5) is 0. The first kappa shape index (κ1) is 19.8. The van der Waals surface area contributed by atoms with Crippen LogP contribution in [0.2, 0.25) is 0 Å². The highest BCUT2D eigenvalue weighted by molar-refractivity contribution is 7.80. The molecule has 0 saturated heterocycles. The molecule has 0 atom stereocenters. The van der Waals surface area contributed by atoms with Crippen LogP contribution >= 0.6 is 12.6 Å². The summed E-state index contributed by atoms with van der Waals surface area (Å²) in [5, 5.41) is 0. The van der Waals surface area contributed by atoms with Gasteiger partial charge in [0.2, 0.25) is 0 Å². The van der Waals surface area contributed by atoms with Crippen LogP contribution in [0.3, 0.4) is 0 Å². The predicted molar refractivity (Wildman–Crippen MR) is 116 cm³/mol. The average molecular weight is 353 g/mol. The van der Waals surface area contributed by atoms with E-state index in [1.165, 1.54) is 46.3 Å². The molecular weight excluding hydrogens is 320 g/mol. The zero-order valence-corrected chi connectivity index (χ0v) is 17.0. The van der Waals surface area contributed by atoms with Crippen molar-refractivity contribution in [2.75, 3.05) is 5.75 Å². The van der Waals surface area contributed by atoms with Crippen LogP contribution < -0.4 is 0 Å². The molecule has 0 spiro atoms. The van der Waals surface area contributed by atoms with E-state index in [0.717, 1.165) is 31.4 Å². The van der Waals surface area contributed by atoms with Gasteiger partial charge in [0.05, 0.1) is 0 Å². The largest absolute Gasteiger partial charge is 0.179 e. The summed E-state index contributed by atoms with van der Waals surface area (Å²) >= 11 is 4.45. The van der Waals surface area contributed by atoms with Gasteiger partial charge in [-0.1, -0.05) is 67.5 Å². The fraction of sp³-hybridized carbons (Fsp3) is 0.417. The van der Waals surface area contributed by atoms with Crippen molar-refractivity contribution < 1.29 is 0 Å². The topological polar surface area (TPSA) is 0 Å². The normalized spacial score (nSPS) is 16.8. The number of aryl methyl sites for hydroxylation is 2. The maximum absolute atomic E-state index is 4.45. The first-order valence-electron chi connectivity index (χ1n) is 9.54. The van der Waals surface area contributed by atoms with Crippen molar-refractivity contribution in [2.24, 2.45) is 0 Å². The van der Waals surface area contributed by atoms with Crippen molar-refractivity contribution >= 4 is 18.2 Å². The van der Waals surface area contributed by atoms with Crippen LogP contribution in [-0.4, -0.2) is 5.75 Å². The molecule has 1 aromatic carbocycles. The number of allylic oxidation sites excluding steroid dienone is 7. The van der Waals surface area contributed by atoms with Gasteiger partial charge >= 0.3 is 0 Å². The van der Waals surface area contributed by atoms with Crippen LogP contribution in [0.1, 0.15) is 62.6 Å². The highest BCUT2D eigenvalue weighted by atomic mass is 32.1. The van der Waals surface area contributed by atoms with E-state index >= 15 is 0 Å². The summed E-state index contributed by atoms with van der Waals surface area (Å²) < 4.78 is 0. The van der Waals surface area contributed by atoms with Gasteiger partial charge in [0.25, 0.3) is 0 Å². The minimum absolute atomic E-state index is 0.952. The lowest BCUT2D eigenvalue weighted by atomic mass is 9.86. The molecular formula is C24H32S. The Morgan fingerprint density at radius 1 is 1.20 bits per heavy atom. The minimum atomic E-state index is 0.952. The molecule has 1 aliphatic rings. The third-order valence-electron chi connectivity index (χ3n) is 5.03. The van der Waals surface area contributed by atoms with E-state index < -0.39 is 0 Å². The third kappa shape index (κ3) is 5.01. The number of fused-ring (bicyclic) bond motifs is 1. The Hall–Kier alpha value is -1.47. The monoisotopic (exact) mass is 352 g/mol. The summed E-state index contributed by atoms with van der Waals surface area (Å²) in [5.74, 6) is 0.952. The van der Waals surface area contributed by atoms with Crippen LogP contribution in [-0.2, 0) is 6.42 Å². The Morgan fingerprint density at radius 3 is 2.68 bits per heavy atom. The average Bonchev–Trinajstić information content (AvgIpc) is 2.73. The lowest BCUT2D eigenvalue weighted by Crippen LogP contribution is -1.99. The highest BCUT2D eigenvalue weighted by Gasteiger charge is 2.20. The maximum Gasteiger partial charge on any atom is -0.00949 e. The zero-order valence-electron chi connectivity index (χ0n) is 16.1. The lowest BCUT2D eigenvalue weighted by Gasteiger charge is -2.19. The summed E-state index contributed by atoms with van der Waals surface area (Å²) in [6, 6.07) is 6.99. The molecule has 0 fully saturated rings. The van der Waals surface area contributed by atoms with Gasteiger partial charge in [0, 0.05) is 0 Å². The molecule has 0 saturated carbocycles. The lowest BCUT2D eigenvalue weighted by molar-refractivity contribution is 0.811. The molecule has 0 aromatic heterocycles. The Morgan fingerprint density at radius 2 is 2.00 bits per heavy atom. The van der Waals surface area contributed by atoms with Crippen LogP contribution in [0.25, 0.3) is 5.57 Å². The van der Waals surface area contributed by atoms with Gasteiger partial charge < -0.3 is 0 Å². The number of thiol groups is 1. The SMILES string of the molecule is C=C/C=C\C1=C(C)C(=C(\CCC)CCCS)/c2ccc(C)cc2CC1. The Labute approximate surface area is 159 Å². The second-order valence-electron chi connectivity index (χ2n) is 6.96. The van der Waals surface area contributed by atoms with E-state index in [0.29, 0.717) is 0 Å². The van der Waals surface area contributed by atoms with Crippen molar-refractivity contribution in [1.82, 2.24) is 0 Å². The van der Waals surface area contributed by atoms with Gasteiger partial charge in [-0.3, -0.25) is 0 Å². The van der Waals surface area contributed by atoms with Crippen LogP contribution in [0.15, 0.2) is 59.7 Å². The van der Waals surface area contributed by atoms with E-state index in [1.54, 1.807) is 5.57 Å². The van der Waals surface area contributed by atoms with Crippen molar-refractivity contribution in [3.05, 3.63) is 76.4 Å². The number of rotatable bonds is 7. The summed E-state index contributed by atoms with van der Waals surface area (Å²) in [6.07, 6.45) is 13.1. The summed E-state index contributed by atoms with van der Waals surface area (Å²) in [5.41, 5.74) is 10.3. The zero-order chi connectivity index (χ0) is 18.2. The number of benzene rings is 1. The van der Waals surface area contributed by atoms with Gasteiger partial charge in [-0.05, 0) is 79.6 Å². The van der Waals surface area contributed by atoms with Gasteiger partial charge in [-0.15, -0.1) is 0 Å². The minimum Gasteiger partial charge on any atom is -0.179 e. The molecule has 0 unspecified atom stereocenters. The van der Waals surface area contributed by atoms with E-state index in [1.807, 2.05) is 6.08 Å². The molecule has 134 valence electrons. The van der Waals surface area contributed by atoms with Gasteiger partial charge in [-0.2, -0.15) is 12.6 Å². The fourth-order valence-corrected chi connectivity index (χ4v) is 3.97. The molecule has 2 rings (SSSR count). The highest BCUT2D eigenvalue weighted by Crippen LogP contribution is 2.39. The molecule has 0 amide bonds. The first-order chi connectivity index (χ1) is 12.1. The molecule has 1 aliphatic carbocycles. The standard InChI is InChI=1S/C24H32S/c1-5-7-10-20-13-14-22-17-18(3)12-15-23(22)24(19(20)4)21(9-6-2)11-8-16-25/h5,7,10,12,15,17,25H,1,6,8-9,11,13-14,16H2,2-4H3/b10-7-,24-21-. The van der Waals surface area contributed by atoms with Crippen molar-refractivity contribution in [2.45, 2.75) is 59.3 Å². The molecule has 25 heavy (non-hydrogen) atoms. The van der Waals surface area contributed by atoms with Crippen molar-refractivity contribution in [1.29, 1.82) is 0 Å². The quantitative estimate of drug-likeness (QED) is 0.387. The van der Waals surface area contributed by atoms with E-state index in [2.05, 4.69) is 70.3 Å². The summed E-state index contributed by atoms with van der Waals surface area (Å²) in [6.45, 7) is 10.6. The van der Waals surface area contributed by atoms with Crippen LogP contribution in [0, 0.1) is 6.92 Å². The number of hydrogen-bond acceptors (Lipinski definition) is 1. The molecule has 0 aliphatic heterocycles. The smallest absolute Gasteiger partial charge is 0.00949 e. The predicted octanol–water partition coefficient (Wildman–Crippen LogP) is 7.26.